The molecule has 0 unspecified atom stereocenters. The largest absolute Gasteiger partial charge is 0.303 e. The van der Waals surface area contributed by atoms with E-state index < -0.39 is 0 Å². The molecule has 0 bridgehead atoms. The highest BCUT2D eigenvalue weighted by Gasteiger charge is 2.05. The molecule has 0 amide bonds. The van der Waals surface area contributed by atoms with Crippen molar-refractivity contribution < 1.29 is 0 Å². The molecule has 0 fully saturated rings. The highest BCUT2D eigenvalue weighted by atomic mass is 15.1. The fraction of sp³-hybridized carbons (Fsp3) is 1.00. The van der Waals surface area contributed by atoms with Crippen LogP contribution >= 0.6 is 0 Å². The Morgan fingerprint density at radius 3 is 0.447 bits per heavy atom. The maximum atomic E-state index is 2.87. The van der Waals surface area contributed by atoms with Crippen molar-refractivity contribution in [1.82, 2.24) is 4.90 Å². The predicted molar refractivity (Wildman–Crippen MR) is 218 cm³/mol. The standard InChI is InChI=1S/C46H95N/c1-4-7-10-13-16-19-22-25-28-31-34-37-40-43-46-47(44-41-38-35-32-29-26-23-20-17-14-11-8-5-2)45-42-39-36-33-30-27-24-21-18-15-12-9-6-3/h4-46H2,1-3H3. The summed E-state index contributed by atoms with van der Waals surface area (Å²) in [6.07, 6.45) is 58.6. The molecule has 1 nitrogen and oxygen atoms in total. The first-order valence-corrected chi connectivity index (χ1v) is 23.1. The van der Waals surface area contributed by atoms with Gasteiger partial charge in [-0.1, -0.05) is 258 Å². The third-order valence-corrected chi connectivity index (χ3v) is 11.0. The molecule has 0 heterocycles. The molecule has 0 N–H and O–H groups in total. The van der Waals surface area contributed by atoms with Crippen molar-refractivity contribution in [2.24, 2.45) is 0 Å². The topological polar surface area (TPSA) is 3.24 Å². The molecule has 0 aromatic heterocycles. The van der Waals surface area contributed by atoms with Crippen molar-refractivity contribution in [3.8, 4) is 0 Å². The van der Waals surface area contributed by atoms with E-state index in [2.05, 4.69) is 25.7 Å². The van der Waals surface area contributed by atoms with Crippen molar-refractivity contribution in [3.63, 3.8) is 0 Å². The van der Waals surface area contributed by atoms with E-state index in [1.54, 1.807) is 0 Å². The van der Waals surface area contributed by atoms with Gasteiger partial charge in [0, 0.05) is 0 Å². The zero-order chi connectivity index (χ0) is 34.0. The summed E-state index contributed by atoms with van der Waals surface area (Å²) in [5, 5.41) is 0. The molecule has 0 aromatic rings. The molecular weight excluding hydrogens is 567 g/mol. The van der Waals surface area contributed by atoms with Gasteiger partial charge in [0.05, 0.1) is 0 Å². The van der Waals surface area contributed by atoms with Crippen LogP contribution < -0.4 is 0 Å². The van der Waals surface area contributed by atoms with Gasteiger partial charge in [0.1, 0.15) is 0 Å². The summed E-state index contributed by atoms with van der Waals surface area (Å²) >= 11 is 0. The van der Waals surface area contributed by atoms with Gasteiger partial charge in [0.2, 0.25) is 0 Å². The number of hydrogen-bond donors (Lipinski definition) is 0. The second-order valence-electron chi connectivity index (χ2n) is 15.9. The van der Waals surface area contributed by atoms with Crippen LogP contribution in [0.5, 0.6) is 0 Å². The quantitative estimate of drug-likeness (QED) is 0.0588. The molecule has 0 atom stereocenters. The molecule has 1 heteroatoms. The van der Waals surface area contributed by atoms with E-state index in [-0.39, 0.29) is 0 Å². The minimum absolute atomic E-state index is 1.37. The minimum Gasteiger partial charge on any atom is -0.303 e. The van der Waals surface area contributed by atoms with Crippen LogP contribution in [-0.4, -0.2) is 24.5 Å². The van der Waals surface area contributed by atoms with Crippen LogP contribution in [0.15, 0.2) is 0 Å². The average molecular weight is 662 g/mol. The van der Waals surface area contributed by atoms with Crippen LogP contribution in [0.3, 0.4) is 0 Å². The fourth-order valence-corrected chi connectivity index (χ4v) is 7.57. The van der Waals surface area contributed by atoms with E-state index in [0.717, 1.165) is 0 Å². The van der Waals surface area contributed by atoms with Crippen molar-refractivity contribution in [2.45, 2.75) is 278 Å². The van der Waals surface area contributed by atoms with Crippen molar-refractivity contribution in [3.05, 3.63) is 0 Å². The van der Waals surface area contributed by atoms with Crippen LogP contribution in [0.2, 0.25) is 0 Å². The van der Waals surface area contributed by atoms with Crippen molar-refractivity contribution in [1.29, 1.82) is 0 Å². The lowest BCUT2D eigenvalue weighted by molar-refractivity contribution is 0.254. The van der Waals surface area contributed by atoms with E-state index >= 15 is 0 Å². The third kappa shape index (κ3) is 42.0. The Morgan fingerprint density at radius 1 is 0.170 bits per heavy atom. The fourth-order valence-electron chi connectivity index (χ4n) is 7.57. The molecule has 284 valence electrons. The first-order valence-electron chi connectivity index (χ1n) is 23.1. The first kappa shape index (κ1) is 47.0. The molecule has 0 spiro atoms. The number of hydrogen-bond acceptors (Lipinski definition) is 1. The zero-order valence-electron chi connectivity index (χ0n) is 33.9. The average Bonchev–Trinajstić information content (AvgIpc) is 3.08. The predicted octanol–water partition coefficient (Wildman–Crippen LogP) is 17.0. The van der Waals surface area contributed by atoms with Crippen LogP contribution in [0.4, 0.5) is 0 Å². The molecule has 47 heavy (non-hydrogen) atoms. The van der Waals surface area contributed by atoms with Gasteiger partial charge in [-0.2, -0.15) is 0 Å². The maximum Gasteiger partial charge on any atom is -0.00187 e. The Kier molecular flexibility index (Phi) is 43.9. The smallest absolute Gasteiger partial charge is 0.00187 e. The van der Waals surface area contributed by atoms with Gasteiger partial charge in [-0.3, -0.25) is 0 Å². The summed E-state index contributed by atoms with van der Waals surface area (Å²) < 4.78 is 0. The van der Waals surface area contributed by atoms with E-state index in [9.17, 15) is 0 Å². The number of nitrogens with zero attached hydrogens (tertiary/aromatic N) is 1. The monoisotopic (exact) mass is 662 g/mol. The summed E-state index contributed by atoms with van der Waals surface area (Å²) in [4.78, 5) is 2.87. The lowest BCUT2D eigenvalue weighted by atomic mass is 10.0. The lowest BCUT2D eigenvalue weighted by Crippen LogP contribution is -2.27. The lowest BCUT2D eigenvalue weighted by Gasteiger charge is -2.22. The van der Waals surface area contributed by atoms with Gasteiger partial charge in [0.15, 0.2) is 0 Å². The number of rotatable bonds is 43. The maximum absolute atomic E-state index is 2.87. The van der Waals surface area contributed by atoms with E-state index in [1.807, 2.05) is 0 Å². The highest BCUT2D eigenvalue weighted by molar-refractivity contribution is 4.61. The minimum atomic E-state index is 1.37. The summed E-state index contributed by atoms with van der Waals surface area (Å²) in [6.45, 7) is 11.1. The molecular formula is C46H95N. The normalized spacial score (nSPS) is 11.7. The Bertz CT molecular complexity index is 485. The van der Waals surface area contributed by atoms with Crippen molar-refractivity contribution in [2.75, 3.05) is 19.6 Å². The molecule has 0 aromatic carbocycles. The molecule has 0 saturated carbocycles. The van der Waals surface area contributed by atoms with E-state index in [0.29, 0.717) is 0 Å². The Hall–Kier alpha value is -0.0400. The molecule has 0 aliphatic carbocycles. The Balaban J connectivity index is 3.92. The second kappa shape index (κ2) is 44.0. The summed E-state index contributed by atoms with van der Waals surface area (Å²) in [5.41, 5.74) is 0. The van der Waals surface area contributed by atoms with Gasteiger partial charge in [-0.15, -0.1) is 0 Å². The SMILES string of the molecule is CCCCCCCCCCCCCCCCN(CCCCCCCCCCCCCCC)CCCCCCCCCCCCCCC. The highest BCUT2D eigenvalue weighted by Crippen LogP contribution is 2.16. The summed E-state index contributed by atoms with van der Waals surface area (Å²) in [6, 6.07) is 0. The summed E-state index contributed by atoms with van der Waals surface area (Å²) in [5.74, 6) is 0. The molecule has 0 saturated heterocycles. The van der Waals surface area contributed by atoms with Gasteiger partial charge in [-0.05, 0) is 38.9 Å². The Morgan fingerprint density at radius 2 is 0.298 bits per heavy atom. The van der Waals surface area contributed by atoms with Crippen LogP contribution in [0, 0.1) is 0 Å². The third-order valence-electron chi connectivity index (χ3n) is 11.0. The molecule has 0 radical (unpaired) electrons. The van der Waals surface area contributed by atoms with Crippen LogP contribution in [-0.2, 0) is 0 Å². The summed E-state index contributed by atoms with van der Waals surface area (Å²) in [7, 11) is 0. The second-order valence-corrected chi connectivity index (χ2v) is 15.9. The van der Waals surface area contributed by atoms with Gasteiger partial charge < -0.3 is 4.90 Å². The van der Waals surface area contributed by atoms with Crippen LogP contribution in [0.25, 0.3) is 0 Å². The van der Waals surface area contributed by atoms with Gasteiger partial charge in [-0.25, -0.2) is 0 Å². The zero-order valence-corrected chi connectivity index (χ0v) is 33.9. The van der Waals surface area contributed by atoms with E-state index in [1.165, 1.54) is 276 Å². The van der Waals surface area contributed by atoms with Crippen molar-refractivity contribution >= 4 is 0 Å². The molecule has 0 aliphatic heterocycles. The number of unbranched alkanes of at least 4 members (excludes halogenated alkanes) is 37. The van der Waals surface area contributed by atoms with E-state index in [4.69, 9.17) is 0 Å². The van der Waals surface area contributed by atoms with Gasteiger partial charge in [0.25, 0.3) is 0 Å². The first-order chi connectivity index (χ1) is 23.3. The molecule has 0 rings (SSSR count). The molecule has 0 aliphatic rings. The van der Waals surface area contributed by atoms with Crippen LogP contribution in [0.1, 0.15) is 278 Å². The van der Waals surface area contributed by atoms with Gasteiger partial charge >= 0.3 is 0 Å². The Labute approximate surface area is 301 Å².